The number of nitrogens with one attached hydrogen (secondary N) is 1. The van der Waals surface area contributed by atoms with E-state index >= 15 is 0 Å². The second kappa shape index (κ2) is 9.57. The molecule has 2 aliphatic rings. The Hall–Kier alpha value is -3.84. The molecule has 3 aromatic rings. The molecule has 0 saturated heterocycles. The maximum absolute atomic E-state index is 13.6. The van der Waals surface area contributed by atoms with Gasteiger partial charge in [-0.25, -0.2) is 4.79 Å². The first kappa shape index (κ1) is 22.0. The highest BCUT2D eigenvalue weighted by atomic mass is 32.1. The number of para-hydroxylation sites is 1. The highest BCUT2D eigenvalue weighted by Gasteiger charge is 2.43. The predicted octanol–water partition coefficient (Wildman–Crippen LogP) is 5.13. The average Bonchev–Trinajstić information content (AvgIpc) is 3.48. The summed E-state index contributed by atoms with van der Waals surface area (Å²) in [6.45, 7) is 5.15. The second-order valence-corrected chi connectivity index (χ2v) is 9.22. The predicted molar refractivity (Wildman–Crippen MR) is 133 cm³/mol. The van der Waals surface area contributed by atoms with E-state index in [1.807, 2.05) is 70.9 Å². The molecule has 1 unspecified atom stereocenters. The molecule has 6 nitrogen and oxygen atoms in total. The SMILES string of the molecule is C=CCN1C(=O)NC(c2cccc(Oc3ccccc3)c2)C2=C1CN(CCc1cccs1)C2=O. The molecule has 0 fully saturated rings. The summed E-state index contributed by atoms with van der Waals surface area (Å²) in [5.41, 5.74) is 2.17. The number of hydrogen-bond acceptors (Lipinski definition) is 4. The Morgan fingerprint density at radius 3 is 2.65 bits per heavy atom. The van der Waals surface area contributed by atoms with E-state index in [-0.39, 0.29) is 11.9 Å². The van der Waals surface area contributed by atoms with Crippen LogP contribution < -0.4 is 10.1 Å². The third-order valence-corrected chi connectivity index (χ3v) is 6.92. The van der Waals surface area contributed by atoms with Crippen LogP contribution in [0.4, 0.5) is 4.79 Å². The molecule has 34 heavy (non-hydrogen) atoms. The van der Waals surface area contributed by atoms with Crippen LogP contribution >= 0.6 is 11.3 Å². The van der Waals surface area contributed by atoms with E-state index in [1.54, 1.807) is 22.3 Å². The monoisotopic (exact) mass is 471 g/mol. The topological polar surface area (TPSA) is 61.9 Å². The van der Waals surface area contributed by atoms with Crippen LogP contribution in [-0.2, 0) is 11.2 Å². The van der Waals surface area contributed by atoms with Crippen molar-refractivity contribution in [2.24, 2.45) is 0 Å². The zero-order chi connectivity index (χ0) is 23.5. The molecule has 5 rings (SSSR count). The third kappa shape index (κ3) is 4.34. The van der Waals surface area contributed by atoms with Gasteiger partial charge in [-0.05, 0) is 47.7 Å². The second-order valence-electron chi connectivity index (χ2n) is 8.19. The van der Waals surface area contributed by atoms with Gasteiger partial charge >= 0.3 is 6.03 Å². The molecular weight excluding hydrogens is 446 g/mol. The van der Waals surface area contributed by atoms with Crippen LogP contribution in [0.1, 0.15) is 16.5 Å². The van der Waals surface area contributed by atoms with Gasteiger partial charge in [0.2, 0.25) is 0 Å². The van der Waals surface area contributed by atoms with Crippen molar-refractivity contribution in [3.63, 3.8) is 0 Å². The zero-order valence-corrected chi connectivity index (χ0v) is 19.5. The van der Waals surface area contributed by atoms with Crippen LogP contribution in [0.15, 0.2) is 96.0 Å². The van der Waals surface area contributed by atoms with Crippen LogP contribution in [0.5, 0.6) is 11.5 Å². The number of carbonyl (C=O) groups is 2. The number of hydrogen-bond donors (Lipinski definition) is 1. The summed E-state index contributed by atoms with van der Waals surface area (Å²) in [6.07, 6.45) is 2.47. The Kier molecular flexibility index (Phi) is 6.18. The van der Waals surface area contributed by atoms with Gasteiger partial charge < -0.3 is 15.0 Å². The molecule has 1 aromatic heterocycles. The quantitative estimate of drug-likeness (QED) is 0.463. The molecule has 0 spiro atoms. The van der Waals surface area contributed by atoms with E-state index < -0.39 is 6.04 Å². The molecule has 2 aliphatic heterocycles. The average molecular weight is 472 g/mol. The lowest BCUT2D eigenvalue weighted by Crippen LogP contribution is -2.47. The maximum atomic E-state index is 13.6. The lowest BCUT2D eigenvalue weighted by atomic mass is 9.95. The fraction of sp³-hybridized carbons (Fsp3) is 0.185. The van der Waals surface area contributed by atoms with Crippen LogP contribution in [-0.4, -0.2) is 41.4 Å². The summed E-state index contributed by atoms with van der Waals surface area (Å²) < 4.78 is 5.99. The lowest BCUT2D eigenvalue weighted by molar-refractivity contribution is -0.125. The van der Waals surface area contributed by atoms with Crippen LogP contribution in [0.2, 0.25) is 0 Å². The van der Waals surface area contributed by atoms with Crippen molar-refractivity contribution in [1.29, 1.82) is 0 Å². The molecule has 3 heterocycles. The Morgan fingerprint density at radius 2 is 1.88 bits per heavy atom. The summed E-state index contributed by atoms with van der Waals surface area (Å²) in [5.74, 6) is 1.33. The molecule has 0 bridgehead atoms. The lowest BCUT2D eigenvalue weighted by Gasteiger charge is -2.33. The van der Waals surface area contributed by atoms with Gasteiger partial charge in [0.05, 0.1) is 23.9 Å². The Bertz CT molecular complexity index is 1240. The molecule has 3 amide bonds. The summed E-state index contributed by atoms with van der Waals surface area (Å²) in [4.78, 5) is 31.3. The summed E-state index contributed by atoms with van der Waals surface area (Å²) in [5, 5.41) is 5.07. The smallest absolute Gasteiger partial charge is 0.322 e. The molecule has 0 saturated carbocycles. The molecular formula is C27H25N3O3S. The molecule has 0 radical (unpaired) electrons. The number of urea groups is 1. The van der Waals surface area contributed by atoms with E-state index in [4.69, 9.17) is 4.74 Å². The van der Waals surface area contributed by atoms with Crippen molar-refractivity contribution >= 4 is 23.3 Å². The van der Waals surface area contributed by atoms with Gasteiger partial charge in [-0.2, -0.15) is 0 Å². The minimum Gasteiger partial charge on any atom is -0.457 e. The van der Waals surface area contributed by atoms with Gasteiger partial charge in [0.1, 0.15) is 11.5 Å². The van der Waals surface area contributed by atoms with Gasteiger partial charge in [-0.1, -0.05) is 42.5 Å². The first-order chi connectivity index (χ1) is 16.6. The Labute approximate surface area is 202 Å². The Morgan fingerprint density at radius 1 is 1.06 bits per heavy atom. The van der Waals surface area contributed by atoms with Crippen molar-refractivity contribution in [2.75, 3.05) is 19.6 Å². The van der Waals surface area contributed by atoms with E-state index in [1.165, 1.54) is 4.88 Å². The molecule has 7 heteroatoms. The Balaban J connectivity index is 1.44. The molecule has 1 N–H and O–H groups in total. The van der Waals surface area contributed by atoms with Crippen molar-refractivity contribution in [2.45, 2.75) is 12.5 Å². The van der Waals surface area contributed by atoms with Crippen molar-refractivity contribution < 1.29 is 14.3 Å². The fourth-order valence-corrected chi connectivity index (χ4v) is 5.08. The van der Waals surface area contributed by atoms with Gasteiger partial charge in [0.25, 0.3) is 5.91 Å². The number of amides is 3. The largest absolute Gasteiger partial charge is 0.457 e. The minimum atomic E-state index is -0.540. The van der Waals surface area contributed by atoms with Gasteiger partial charge in [0, 0.05) is 18.0 Å². The summed E-state index contributed by atoms with van der Waals surface area (Å²) >= 11 is 1.69. The molecule has 2 aromatic carbocycles. The highest BCUT2D eigenvalue weighted by molar-refractivity contribution is 7.09. The van der Waals surface area contributed by atoms with Crippen LogP contribution in [0, 0.1) is 0 Å². The van der Waals surface area contributed by atoms with E-state index in [0.29, 0.717) is 31.0 Å². The van der Waals surface area contributed by atoms with Gasteiger partial charge in [-0.3, -0.25) is 9.69 Å². The zero-order valence-electron chi connectivity index (χ0n) is 18.6. The minimum absolute atomic E-state index is 0.0417. The number of nitrogens with zero attached hydrogens (tertiary/aromatic N) is 2. The fourth-order valence-electron chi connectivity index (χ4n) is 4.38. The van der Waals surface area contributed by atoms with Crippen LogP contribution in [0.25, 0.3) is 0 Å². The van der Waals surface area contributed by atoms with Crippen LogP contribution in [0.3, 0.4) is 0 Å². The summed E-state index contributed by atoms with van der Waals surface area (Å²) in [6, 6.07) is 20.4. The van der Waals surface area contributed by atoms with E-state index in [0.717, 1.165) is 23.4 Å². The van der Waals surface area contributed by atoms with E-state index in [9.17, 15) is 9.59 Å². The third-order valence-electron chi connectivity index (χ3n) is 5.99. The van der Waals surface area contributed by atoms with E-state index in [2.05, 4.69) is 18.0 Å². The van der Waals surface area contributed by atoms with Crippen molar-refractivity contribution in [1.82, 2.24) is 15.1 Å². The van der Waals surface area contributed by atoms with Crippen molar-refractivity contribution in [3.8, 4) is 11.5 Å². The van der Waals surface area contributed by atoms with Crippen molar-refractivity contribution in [3.05, 3.63) is 106 Å². The highest BCUT2D eigenvalue weighted by Crippen LogP contribution is 2.37. The number of carbonyl (C=O) groups excluding carboxylic acids is 2. The first-order valence-electron chi connectivity index (χ1n) is 11.2. The maximum Gasteiger partial charge on any atom is 0.322 e. The molecule has 0 aliphatic carbocycles. The van der Waals surface area contributed by atoms with Gasteiger partial charge in [0.15, 0.2) is 0 Å². The number of benzene rings is 2. The first-order valence-corrected chi connectivity index (χ1v) is 12.1. The standard InChI is InChI=1S/C27H25N3O3S/c1-2-14-30-23-18-29(15-13-22-12-7-16-34-22)26(31)24(23)25(28-27(30)32)19-8-6-11-21(17-19)33-20-9-4-3-5-10-20/h2-12,16-17,25H,1,13-15,18H2,(H,28,32). The number of ether oxygens (including phenoxy) is 1. The molecule has 1 atom stereocenters. The summed E-state index contributed by atoms with van der Waals surface area (Å²) in [7, 11) is 0. The number of rotatable bonds is 8. The molecule has 172 valence electrons. The van der Waals surface area contributed by atoms with Gasteiger partial charge in [-0.15, -0.1) is 17.9 Å². The normalized spacial score (nSPS) is 17.6. The number of thiophene rings is 1.